The van der Waals surface area contributed by atoms with Crippen LogP contribution in [0.5, 0.6) is 0 Å². The van der Waals surface area contributed by atoms with Crippen molar-refractivity contribution in [3.05, 3.63) is 17.4 Å². The minimum Gasteiger partial charge on any atom is -0.310 e. The highest BCUT2D eigenvalue weighted by Crippen LogP contribution is 2.16. The van der Waals surface area contributed by atoms with Crippen molar-refractivity contribution in [2.75, 3.05) is 6.54 Å². The van der Waals surface area contributed by atoms with Gasteiger partial charge in [-0.3, -0.25) is 0 Å². The van der Waals surface area contributed by atoms with Crippen LogP contribution in [0.15, 0.2) is 12.4 Å². The second kappa shape index (κ2) is 4.43. The highest BCUT2D eigenvalue weighted by atomic mass is 32.1. The fraction of sp³-hybridized carbons (Fsp3) is 0.444. The van der Waals surface area contributed by atoms with Crippen LogP contribution in [0.1, 0.15) is 18.4 Å². The summed E-state index contributed by atoms with van der Waals surface area (Å²) in [4.78, 5) is 13.6. The van der Waals surface area contributed by atoms with E-state index in [2.05, 4.69) is 27.2 Å². The standard InChI is InChI=1S/C9H12N4S/c1-2-3-10-6-7-13-8-9(14-7)12-5-4-11-8/h4-5,10H,2-3,6H2,1H3. The van der Waals surface area contributed by atoms with Crippen LogP contribution in [0.4, 0.5) is 0 Å². The van der Waals surface area contributed by atoms with E-state index in [1.165, 1.54) is 0 Å². The van der Waals surface area contributed by atoms with Gasteiger partial charge >= 0.3 is 0 Å². The third-order valence-corrected chi connectivity index (χ3v) is 2.75. The van der Waals surface area contributed by atoms with Gasteiger partial charge in [0.05, 0.1) is 0 Å². The Labute approximate surface area is 86.4 Å². The first-order valence-electron chi connectivity index (χ1n) is 4.67. The monoisotopic (exact) mass is 208 g/mol. The van der Waals surface area contributed by atoms with Crippen molar-refractivity contribution in [2.45, 2.75) is 19.9 Å². The molecular formula is C9H12N4S. The van der Waals surface area contributed by atoms with E-state index in [1.54, 1.807) is 23.7 Å². The average molecular weight is 208 g/mol. The van der Waals surface area contributed by atoms with E-state index in [1.807, 2.05) is 0 Å². The number of aromatic nitrogens is 3. The molecule has 0 saturated heterocycles. The van der Waals surface area contributed by atoms with Crippen LogP contribution in [0.2, 0.25) is 0 Å². The molecule has 0 amide bonds. The van der Waals surface area contributed by atoms with Gasteiger partial charge in [0.25, 0.3) is 0 Å². The smallest absolute Gasteiger partial charge is 0.189 e. The molecule has 14 heavy (non-hydrogen) atoms. The number of rotatable bonds is 4. The lowest BCUT2D eigenvalue weighted by Gasteiger charge is -1.96. The van der Waals surface area contributed by atoms with Gasteiger partial charge in [0.2, 0.25) is 0 Å². The third-order valence-electron chi connectivity index (χ3n) is 1.79. The van der Waals surface area contributed by atoms with Crippen LogP contribution in [0.3, 0.4) is 0 Å². The van der Waals surface area contributed by atoms with Crippen molar-refractivity contribution in [1.29, 1.82) is 0 Å². The van der Waals surface area contributed by atoms with Crippen LogP contribution < -0.4 is 5.32 Å². The van der Waals surface area contributed by atoms with E-state index in [9.17, 15) is 0 Å². The molecule has 0 bridgehead atoms. The molecule has 0 aromatic carbocycles. The van der Waals surface area contributed by atoms with Gasteiger partial charge in [-0.15, -0.1) is 0 Å². The highest BCUT2D eigenvalue weighted by Gasteiger charge is 2.03. The SMILES string of the molecule is CCCNCc1nc2nccnc2s1. The van der Waals surface area contributed by atoms with Gasteiger partial charge in [-0.2, -0.15) is 0 Å². The Morgan fingerprint density at radius 2 is 2.21 bits per heavy atom. The van der Waals surface area contributed by atoms with Crippen LogP contribution in [-0.4, -0.2) is 21.5 Å². The lowest BCUT2D eigenvalue weighted by molar-refractivity contribution is 0.673. The Balaban J connectivity index is 2.11. The Kier molecular flexibility index (Phi) is 3.00. The van der Waals surface area contributed by atoms with Crippen LogP contribution in [0.25, 0.3) is 10.5 Å². The van der Waals surface area contributed by atoms with E-state index in [4.69, 9.17) is 0 Å². The minimum absolute atomic E-state index is 0.755. The summed E-state index contributed by atoms with van der Waals surface area (Å²) in [5.41, 5.74) is 0.755. The fourth-order valence-electron chi connectivity index (χ4n) is 1.17. The zero-order chi connectivity index (χ0) is 9.80. The first-order valence-corrected chi connectivity index (χ1v) is 5.49. The molecule has 0 aliphatic carbocycles. The second-order valence-electron chi connectivity index (χ2n) is 2.97. The topological polar surface area (TPSA) is 50.7 Å². The molecule has 0 atom stereocenters. The molecule has 0 spiro atoms. The number of thiazole rings is 1. The molecule has 0 aliphatic rings. The number of nitrogens with one attached hydrogen (secondary N) is 1. The van der Waals surface area contributed by atoms with E-state index in [0.29, 0.717) is 0 Å². The summed E-state index contributed by atoms with van der Waals surface area (Å²) in [5.74, 6) is 0. The number of fused-ring (bicyclic) bond motifs is 1. The van der Waals surface area contributed by atoms with Crippen LogP contribution in [-0.2, 0) is 6.54 Å². The maximum absolute atomic E-state index is 4.37. The van der Waals surface area contributed by atoms with E-state index in [0.717, 1.165) is 35.0 Å². The fourth-order valence-corrected chi connectivity index (χ4v) is 2.00. The summed E-state index contributed by atoms with van der Waals surface area (Å²) in [5, 5.41) is 4.36. The van der Waals surface area contributed by atoms with E-state index < -0.39 is 0 Å². The van der Waals surface area contributed by atoms with Crippen molar-refractivity contribution in [2.24, 2.45) is 0 Å². The highest BCUT2D eigenvalue weighted by molar-refractivity contribution is 7.18. The van der Waals surface area contributed by atoms with Gasteiger partial charge in [-0.1, -0.05) is 18.3 Å². The lowest BCUT2D eigenvalue weighted by Crippen LogP contribution is -2.13. The van der Waals surface area contributed by atoms with Crippen molar-refractivity contribution < 1.29 is 0 Å². The van der Waals surface area contributed by atoms with Gasteiger partial charge in [0.1, 0.15) is 5.01 Å². The van der Waals surface area contributed by atoms with Crippen LogP contribution in [0, 0.1) is 0 Å². The molecule has 0 aliphatic heterocycles. The summed E-state index contributed by atoms with van der Waals surface area (Å²) < 4.78 is 0. The maximum atomic E-state index is 4.37. The summed E-state index contributed by atoms with van der Waals surface area (Å²) in [6.07, 6.45) is 4.51. The lowest BCUT2D eigenvalue weighted by atomic mass is 10.5. The summed E-state index contributed by atoms with van der Waals surface area (Å²) in [7, 11) is 0. The summed E-state index contributed by atoms with van der Waals surface area (Å²) in [6, 6.07) is 0. The first kappa shape index (κ1) is 9.48. The predicted molar refractivity (Wildman–Crippen MR) is 57.2 cm³/mol. The summed E-state index contributed by atoms with van der Waals surface area (Å²) >= 11 is 1.60. The Morgan fingerprint density at radius 3 is 3.00 bits per heavy atom. The van der Waals surface area contributed by atoms with Gasteiger partial charge in [-0.25, -0.2) is 15.0 Å². The molecule has 0 radical (unpaired) electrons. The largest absolute Gasteiger partial charge is 0.310 e. The zero-order valence-corrected chi connectivity index (χ0v) is 8.84. The maximum Gasteiger partial charge on any atom is 0.189 e. The second-order valence-corrected chi connectivity index (χ2v) is 4.03. The van der Waals surface area contributed by atoms with Gasteiger partial charge in [0.15, 0.2) is 10.5 Å². The molecule has 2 aromatic heterocycles. The van der Waals surface area contributed by atoms with Crippen molar-refractivity contribution in [1.82, 2.24) is 20.3 Å². The van der Waals surface area contributed by atoms with Crippen molar-refractivity contribution in [3.63, 3.8) is 0 Å². The average Bonchev–Trinajstić information content (AvgIpc) is 2.60. The Hall–Kier alpha value is -1.07. The molecule has 0 saturated carbocycles. The van der Waals surface area contributed by atoms with Gasteiger partial charge < -0.3 is 5.32 Å². The predicted octanol–water partition coefficient (Wildman–Crippen LogP) is 1.59. The van der Waals surface area contributed by atoms with Gasteiger partial charge in [0, 0.05) is 18.9 Å². The molecule has 2 heterocycles. The third kappa shape index (κ3) is 2.05. The van der Waals surface area contributed by atoms with E-state index in [-0.39, 0.29) is 0 Å². The van der Waals surface area contributed by atoms with Crippen molar-refractivity contribution >= 4 is 21.8 Å². The first-order chi connectivity index (χ1) is 6.90. The minimum atomic E-state index is 0.755. The Morgan fingerprint density at radius 1 is 1.36 bits per heavy atom. The molecule has 4 nitrogen and oxygen atoms in total. The molecular weight excluding hydrogens is 196 g/mol. The normalized spacial score (nSPS) is 10.9. The molecule has 1 N–H and O–H groups in total. The quantitative estimate of drug-likeness (QED) is 0.775. The molecule has 0 fully saturated rings. The Bertz CT molecular complexity index is 379. The molecule has 2 aromatic rings. The van der Waals surface area contributed by atoms with E-state index >= 15 is 0 Å². The number of hydrogen-bond acceptors (Lipinski definition) is 5. The molecule has 74 valence electrons. The summed E-state index contributed by atoms with van der Waals surface area (Å²) in [6.45, 7) is 3.99. The molecule has 2 rings (SSSR count). The number of hydrogen-bond donors (Lipinski definition) is 1. The van der Waals surface area contributed by atoms with Crippen LogP contribution >= 0.6 is 11.3 Å². The number of nitrogens with zero attached hydrogens (tertiary/aromatic N) is 3. The van der Waals surface area contributed by atoms with Gasteiger partial charge in [-0.05, 0) is 13.0 Å². The molecule has 0 unspecified atom stereocenters. The van der Waals surface area contributed by atoms with Crippen molar-refractivity contribution in [3.8, 4) is 0 Å². The zero-order valence-electron chi connectivity index (χ0n) is 8.03. The molecule has 5 heteroatoms.